The van der Waals surface area contributed by atoms with E-state index < -0.39 is 0 Å². The smallest absolute Gasteiger partial charge is 0.0597 e. The lowest BCUT2D eigenvalue weighted by molar-refractivity contribution is 0.0564. The van der Waals surface area contributed by atoms with Gasteiger partial charge in [0.05, 0.1) is 12.7 Å². The van der Waals surface area contributed by atoms with Crippen LogP contribution in [0, 0.1) is 0 Å². The summed E-state index contributed by atoms with van der Waals surface area (Å²) in [7, 11) is 2.09. The summed E-state index contributed by atoms with van der Waals surface area (Å²) in [6.45, 7) is 6.32. The molecule has 18 heavy (non-hydrogen) atoms. The van der Waals surface area contributed by atoms with Crippen molar-refractivity contribution in [2.24, 2.45) is 5.73 Å². The third kappa shape index (κ3) is 5.06. The lowest BCUT2D eigenvalue weighted by Gasteiger charge is -2.27. The summed E-state index contributed by atoms with van der Waals surface area (Å²) in [4.78, 5) is 2.24. The molecule has 1 rings (SSSR count). The van der Waals surface area contributed by atoms with E-state index in [0.29, 0.717) is 6.54 Å². The minimum absolute atomic E-state index is 0.235. The molecular weight excluding hydrogens is 292 g/mol. The number of likely N-dealkylation sites (N-methyl/N-ethyl adjacent to an activating group) is 1. The van der Waals surface area contributed by atoms with Crippen LogP contribution in [-0.2, 0) is 4.74 Å². The second-order valence-electron chi connectivity index (χ2n) is 4.71. The molecular formula is C14H23BrN2O. The minimum Gasteiger partial charge on any atom is -0.377 e. The van der Waals surface area contributed by atoms with Crippen LogP contribution in [-0.4, -0.2) is 37.7 Å². The normalized spacial score (nSPS) is 13.3. The number of hydrogen-bond acceptors (Lipinski definition) is 3. The van der Waals surface area contributed by atoms with Gasteiger partial charge in [-0.05, 0) is 38.6 Å². The Morgan fingerprint density at radius 3 is 2.67 bits per heavy atom. The van der Waals surface area contributed by atoms with Crippen molar-refractivity contribution >= 4 is 15.9 Å². The molecule has 1 aromatic carbocycles. The lowest BCUT2D eigenvalue weighted by atomic mass is 10.1. The average Bonchev–Trinajstić information content (AvgIpc) is 2.29. The highest BCUT2D eigenvalue weighted by Crippen LogP contribution is 2.21. The quantitative estimate of drug-likeness (QED) is 0.841. The number of ether oxygens (including phenoxy) is 1. The van der Waals surface area contributed by atoms with Crippen molar-refractivity contribution in [2.45, 2.75) is 26.0 Å². The van der Waals surface area contributed by atoms with Crippen LogP contribution in [0.15, 0.2) is 28.7 Å². The van der Waals surface area contributed by atoms with E-state index in [9.17, 15) is 0 Å². The van der Waals surface area contributed by atoms with Gasteiger partial charge in [0.1, 0.15) is 0 Å². The molecule has 0 fully saturated rings. The molecule has 0 saturated heterocycles. The van der Waals surface area contributed by atoms with Gasteiger partial charge in [-0.3, -0.25) is 4.90 Å². The fraction of sp³-hybridized carbons (Fsp3) is 0.571. The zero-order valence-corrected chi connectivity index (χ0v) is 13.0. The first-order valence-corrected chi connectivity index (χ1v) is 7.11. The number of hydrogen-bond donors (Lipinski definition) is 1. The standard InChI is InChI=1S/C14H23BrN2O/c1-11(2)18-8-7-17(3)14(10-16)12-5-4-6-13(15)9-12/h4-6,9,11,14H,7-8,10,16H2,1-3H3. The number of rotatable bonds is 7. The third-order valence-corrected chi connectivity index (χ3v) is 3.38. The van der Waals surface area contributed by atoms with Crippen LogP contribution in [0.2, 0.25) is 0 Å². The molecule has 0 saturated carbocycles. The molecule has 3 nitrogen and oxygen atoms in total. The molecule has 0 aromatic heterocycles. The van der Waals surface area contributed by atoms with Gasteiger partial charge in [-0.15, -0.1) is 0 Å². The molecule has 0 heterocycles. The molecule has 1 aromatic rings. The second kappa shape index (κ2) is 7.89. The zero-order chi connectivity index (χ0) is 13.5. The zero-order valence-electron chi connectivity index (χ0n) is 11.4. The number of nitrogens with two attached hydrogens (primary N) is 1. The van der Waals surface area contributed by atoms with E-state index >= 15 is 0 Å². The van der Waals surface area contributed by atoms with E-state index in [1.165, 1.54) is 5.56 Å². The third-order valence-electron chi connectivity index (χ3n) is 2.88. The molecule has 0 amide bonds. The van der Waals surface area contributed by atoms with Crippen molar-refractivity contribution in [3.8, 4) is 0 Å². The molecule has 0 aliphatic carbocycles. The molecule has 1 atom stereocenters. The Kier molecular flexibility index (Phi) is 6.86. The molecule has 0 spiro atoms. The van der Waals surface area contributed by atoms with Crippen molar-refractivity contribution in [1.29, 1.82) is 0 Å². The maximum absolute atomic E-state index is 5.89. The molecule has 102 valence electrons. The Balaban J connectivity index is 2.59. The first-order valence-electron chi connectivity index (χ1n) is 6.32. The minimum atomic E-state index is 0.235. The van der Waals surface area contributed by atoms with Gasteiger partial charge in [0.2, 0.25) is 0 Å². The van der Waals surface area contributed by atoms with E-state index in [4.69, 9.17) is 10.5 Å². The largest absolute Gasteiger partial charge is 0.377 e. The van der Waals surface area contributed by atoms with Crippen molar-refractivity contribution in [1.82, 2.24) is 4.90 Å². The van der Waals surface area contributed by atoms with Gasteiger partial charge in [0, 0.05) is 23.6 Å². The van der Waals surface area contributed by atoms with Gasteiger partial charge in [0.15, 0.2) is 0 Å². The van der Waals surface area contributed by atoms with E-state index in [1.807, 2.05) is 12.1 Å². The predicted molar refractivity (Wildman–Crippen MR) is 79.7 cm³/mol. The van der Waals surface area contributed by atoms with E-state index in [1.54, 1.807) is 0 Å². The SMILES string of the molecule is CC(C)OCCN(C)C(CN)c1cccc(Br)c1. The van der Waals surface area contributed by atoms with Gasteiger partial charge < -0.3 is 10.5 Å². The molecule has 2 N–H and O–H groups in total. The fourth-order valence-corrected chi connectivity index (χ4v) is 2.29. The van der Waals surface area contributed by atoms with Crippen LogP contribution in [0.25, 0.3) is 0 Å². The summed E-state index contributed by atoms with van der Waals surface area (Å²) >= 11 is 3.50. The first kappa shape index (κ1) is 15.6. The summed E-state index contributed by atoms with van der Waals surface area (Å²) in [5, 5.41) is 0. The van der Waals surface area contributed by atoms with Gasteiger partial charge in [0.25, 0.3) is 0 Å². The number of halogens is 1. The number of benzene rings is 1. The topological polar surface area (TPSA) is 38.5 Å². The fourth-order valence-electron chi connectivity index (χ4n) is 1.87. The van der Waals surface area contributed by atoms with Crippen LogP contribution in [0.3, 0.4) is 0 Å². The van der Waals surface area contributed by atoms with Crippen LogP contribution in [0.5, 0.6) is 0 Å². The van der Waals surface area contributed by atoms with E-state index in [0.717, 1.165) is 17.6 Å². The highest BCUT2D eigenvalue weighted by Gasteiger charge is 2.15. The van der Waals surface area contributed by atoms with Gasteiger partial charge in [-0.25, -0.2) is 0 Å². The Bertz CT molecular complexity index is 357. The summed E-state index contributed by atoms with van der Waals surface area (Å²) in [6.07, 6.45) is 0.278. The number of nitrogens with zero attached hydrogens (tertiary/aromatic N) is 1. The molecule has 4 heteroatoms. The van der Waals surface area contributed by atoms with Crippen LogP contribution < -0.4 is 5.73 Å². The molecule has 0 bridgehead atoms. The van der Waals surface area contributed by atoms with E-state index in [2.05, 4.69) is 53.9 Å². The predicted octanol–water partition coefficient (Wildman–Crippen LogP) is 2.81. The lowest BCUT2D eigenvalue weighted by Crippen LogP contribution is -2.33. The van der Waals surface area contributed by atoms with Gasteiger partial charge >= 0.3 is 0 Å². The Labute approximate surface area is 118 Å². The second-order valence-corrected chi connectivity index (χ2v) is 5.62. The van der Waals surface area contributed by atoms with Crippen molar-refractivity contribution in [3.63, 3.8) is 0 Å². The van der Waals surface area contributed by atoms with E-state index in [-0.39, 0.29) is 12.1 Å². The summed E-state index contributed by atoms with van der Waals surface area (Å²) in [5.41, 5.74) is 7.12. The van der Waals surface area contributed by atoms with Gasteiger partial charge in [-0.2, -0.15) is 0 Å². The van der Waals surface area contributed by atoms with Gasteiger partial charge in [-0.1, -0.05) is 28.1 Å². The summed E-state index contributed by atoms with van der Waals surface area (Å²) in [6, 6.07) is 8.54. The molecule has 0 aliphatic rings. The van der Waals surface area contributed by atoms with Crippen molar-refractivity contribution < 1.29 is 4.74 Å². The maximum Gasteiger partial charge on any atom is 0.0597 e. The van der Waals surface area contributed by atoms with Crippen molar-refractivity contribution in [2.75, 3.05) is 26.7 Å². The Hall–Kier alpha value is -0.420. The first-order chi connectivity index (χ1) is 8.54. The van der Waals surface area contributed by atoms with Crippen LogP contribution in [0.1, 0.15) is 25.5 Å². The Morgan fingerprint density at radius 2 is 2.11 bits per heavy atom. The van der Waals surface area contributed by atoms with Crippen LogP contribution in [0.4, 0.5) is 0 Å². The highest BCUT2D eigenvalue weighted by molar-refractivity contribution is 9.10. The van der Waals surface area contributed by atoms with Crippen LogP contribution >= 0.6 is 15.9 Å². The van der Waals surface area contributed by atoms with Crippen molar-refractivity contribution in [3.05, 3.63) is 34.3 Å². The Morgan fingerprint density at radius 1 is 1.39 bits per heavy atom. The monoisotopic (exact) mass is 314 g/mol. The molecule has 1 unspecified atom stereocenters. The molecule has 0 radical (unpaired) electrons. The molecule has 0 aliphatic heterocycles. The summed E-state index contributed by atoms with van der Waals surface area (Å²) in [5.74, 6) is 0. The highest BCUT2D eigenvalue weighted by atomic mass is 79.9. The average molecular weight is 315 g/mol. The maximum atomic E-state index is 5.89. The summed E-state index contributed by atoms with van der Waals surface area (Å²) < 4.78 is 6.66.